The third-order valence-electron chi connectivity index (χ3n) is 5.86. The molecule has 2 fully saturated rings. The number of hydrogen-bond donors (Lipinski definition) is 2. The normalized spacial score (nSPS) is 25.5. The second-order valence-corrected chi connectivity index (χ2v) is 7.59. The average Bonchev–Trinajstić information content (AvgIpc) is 3.00. The van der Waals surface area contributed by atoms with Crippen LogP contribution in [0.1, 0.15) is 47.8 Å². The van der Waals surface area contributed by atoms with E-state index in [0.29, 0.717) is 23.0 Å². The van der Waals surface area contributed by atoms with Crippen molar-refractivity contribution in [2.75, 3.05) is 17.2 Å². The smallest absolute Gasteiger partial charge is 0.324 e. The van der Waals surface area contributed by atoms with Gasteiger partial charge >= 0.3 is 6.03 Å². The summed E-state index contributed by atoms with van der Waals surface area (Å²) in [7, 11) is 0. The van der Waals surface area contributed by atoms with E-state index in [1.165, 1.54) is 12.8 Å². The van der Waals surface area contributed by atoms with Gasteiger partial charge in [-0.15, -0.1) is 0 Å². The standard InChI is InChI=1S/C21H22N4O3/c26-19-14-7-5-8-15(23-21(27)24-17-10-3-4-11-22-17)18(14)20-25(19)12-13-6-1-2-9-16(13)28-20/h3-5,7-8,10-11,13,16,20H,1-2,6,9,12H2,(H2,22,23,24,27)/t13-,16-,20?/m1/s1. The molecule has 5 rings (SSSR count). The lowest BCUT2D eigenvalue weighted by Crippen LogP contribution is -2.47. The zero-order valence-corrected chi connectivity index (χ0v) is 15.4. The molecule has 1 aromatic heterocycles. The highest BCUT2D eigenvalue weighted by atomic mass is 16.5. The van der Waals surface area contributed by atoms with Crippen molar-refractivity contribution < 1.29 is 14.3 Å². The van der Waals surface area contributed by atoms with E-state index in [4.69, 9.17) is 4.74 Å². The average molecular weight is 378 g/mol. The van der Waals surface area contributed by atoms with Crippen molar-refractivity contribution in [3.05, 3.63) is 53.7 Å². The summed E-state index contributed by atoms with van der Waals surface area (Å²) in [5.41, 5.74) is 1.97. The summed E-state index contributed by atoms with van der Waals surface area (Å²) in [6.07, 6.45) is 5.88. The Balaban J connectivity index is 1.41. The number of nitrogens with zero attached hydrogens (tertiary/aromatic N) is 2. The highest BCUT2D eigenvalue weighted by Gasteiger charge is 2.47. The zero-order chi connectivity index (χ0) is 19.1. The molecule has 0 spiro atoms. The second kappa shape index (κ2) is 6.91. The van der Waals surface area contributed by atoms with Crippen molar-refractivity contribution in [2.45, 2.75) is 38.0 Å². The topological polar surface area (TPSA) is 83.6 Å². The molecule has 3 heterocycles. The summed E-state index contributed by atoms with van der Waals surface area (Å²) in [4.78, 5) is 31.3. The Morgan fingerprint density at radius 2 is 2.00 bits per heavy atom. The Morgan fingerprint density at radius 1 is 1.11 bits per heavy atom. The predicted molar refractivity (Wildman–Crippen MR) is 104 cm³/mol. The molecule has 28 heavy (non-hydrogen) atoms. The first-order valence-corrected chi connectivity index (χ1v) is 9.79. The lowest BCUT2D eigenvalue weighted by molar-refractivity contribution is -0.158. The van der Waals surface area contributed by atoms with E-state index < -0.39 is 12.3 Å². The maximum atomic E-state index is 12.9. The minimum absolute atomic E-state index is 0.0159. The van der Waals surface area contributed by atoms with Crippen molar-refractivity contribution in [1.29, 1.82) is 0 Å². The number of nitrogens with one attached hydrogen (secondary N) is 2. The van der Waals surface area contributed by atoms with Crippen LogP contribution in [0.5, 0.6) is 0 Å². The number of carbonyl (C=O) groups is 2. The van der Waals surface area contributed by atoms with Crippen LogP contribution in [0.15, 0.2) is 42.6 Å². The number of benzene rings is 1. The molecular formula is C21H22N4O3. The first kappa shape index (κ1) is 17.2. The van der Waals surface area contributed by atoms with Gasteiger partial charge in [-0.3, -0.25) is 10.1 Å². The molecule has 2 aliphatic heterocycles. The number of aromatic nitrogens is 1. The van der Waals surface area contributed by atoms with Crippen LogP contribution < -0.4 is 10.6 Å². The SMILES string of the molecule is O=C(Nc1ccccn1)Nc1cccc2c1C1O[C@@H]3CCCC[C@@H]3CN1C2=O. The van der Waals surface area contributed by atoms with Crippen molar-refractivity contribution in [3.8, 4) is 0 Å². The summed E-state index contributed by atoms with van der Waals surface area (Å²) in [6, 6.07) is 10.3. The molecule has 7 nitrogen and oxygen atoms in total. The van der Waals surface area contributed by atoms with E-state index >= 15 is 0 Å². The number of anilines is 2. The molecule has 1 saturated heterocycles. The van der Waals surface area contributed by atoms with Gasteiger partial charge in [0, 0.05) is 29.8 Å². The summed E-state index contributed by atoms with van der Waals surface area (Å²) in [6.45, 7) is 0.725. The number of rotatable bonds is 2. The number of pyridine rings is 1. The lowest BCUT2D eigenvalue weighted by Gasteiger charge is -2.43. The molecule has 2 N–H and O–H groups in total. The van der Waals surface area contributed by atoms with E-state index in [1.54, 1.807) is 30.5 Å². The molecule has 144 valence electrons. The molecule has 0 radical (unpaired) electrons. The van der Waals surface area contributed by atoms with Gasteiger partial charge in [0.05, 0.1) is 11.8 Å². The van der Waals surface area contributed by atoms with Crippen molar-refractivity contribution in [3.63, 3.8) is 0 Å². The molecule has 1 aromatic carbocycles. The first-order chi connectivity index (χ1) is 13.7. The van der Waals surface area contributed by atoms with Crippen LogP contribution in [0.4, 0.5) is 16.3 Å². The minimum atomic E-state index is -0.423. The second-order valence-electron chi connectivity index (χ2n) is 7.59. The van der Waals surface area contributed by atoms with Crippen LogP contribution in [0, 0.1) is 5.92 Å². The number of fused-ring (bicyclic) bond motifs is 4. The van der Waals surface area contributed by atoms with E-state index in [1.807, 2.05) is 17.0 Å². The maximum Gasteiger partial charge on any atom is 0.324 e. The van der Waals surface area contributed by atoms with Gasteiger partial charge in [0.25, 0.3) is 5.91 Å². The molecule has 3 atom stereocenters. The van der Waals surface area contributed by atoms with Crippen molar-refractivity contribution in [2.24, 2.45) is 5.92 Å². The van der Waals surface area contributed by atoms with Crippen molar-refractivity contribution in [1.82, 2.24) is 9.88 Å². The highest BCUT2D eigenvalue weighted by Crippen LogP contribution is 2.46. The quantitative estimate of drug-likeness (QED) is 0.833. The minimum Gasteiger partial charge on any atom is -0.350 e. The third kappa shape index (κ3) is 2.92. The number of carbonyl (C=O) groups excluding carboxylic acids is 2. The van der Waals surface area contributed by atoms with E-state index in [2.05, 4.69) is 15.6 Å². The Hall–Kier alpha value is -2.93. The van der Waals surface area contributed by atoms with Gasteiger partial charge < -0.3 is 15.0 Å². The van der Waals surface area contributed by atoms with Crippen LogP contribution in [0.3, 0.4) is 0 Å². The maximum absolute atomic E-state index is 12.9. The summed E-state index contributed by atoms with van der Waals surface area (Å²) >= 11 is 0. The molecule has 0 bridgehead atoms. The van der Waals surface area contributed by atoms with Crippen LogP contribution in [-0.2, 0) is 4.74 Å². The zero-order valence-electron chi connectivity index (χ0n) is 15.4. The fraction of sp³-hybridized carbons (Fsp3) is 0.381. The summed E-state index contributed by atoms with van der Waals surface area (Å²) < 4.78 is 6.37. The largest absolute Gasteiger partial charge is 0.350 e. The van der Waals surface area contributed by atoms with E-state index in [0.717, 1.165) is 24.9 Å². The Bertz CT molecular complexity index is 917. The molecule has 1 saturated carbocycles. The number of amides is 3. The highest BCUT2D eigenvalue weighted by molar-refractivity contribution is 6.04. The monoisotopic (exact) mass is 378 g/mol. The Morgan fingerprint density at radius 3 is 2.86 bits per heavy atom. The van der Waals surface area contributed by atoms with Crippen LogP contribution >= 0.6 is 0 Å². The molecule has 2 aromatic rings. The van der Waals surface area contributed by atoms with Crippen LogP contribution in [-0.4, -0.2) is 34.5 Å². The van der Waals surface area contributed by atoms with Gasteiger partial charge in [0.2, 0.25) is 0 Å². The van der Waals surface area contributed by atoms with E-state index in [9.17, 15) is 9.59 Å². The Labute approximate surface area is 163 Å². The van der Waals surface area contributed by atoms with Crippen LogP contribution in [0.25, 0.3) is 0 Å². The van der Waals surface area contributed by atoms with Gasteiger partial charge in [0.15, 0.2) is 6.23 Å². The molecule has 7 heteroatoms. The van der Waals surface area contributed by atoms with Crippen molar-refractivity contribution >= 4 is 23.4 Å². The van der Waals surface area contributed by atoms with Gasteiger partial charge in [0.1, 0.15) is 5.82 Å². The van der Waals surface area contributed by atoms with Gasteiger partial charge in [-0.25, -0.2) is 9.78 Å². The summed E-state index contributed by atoms with van der Waals surface area (Å²) in [5.74, 6) is 0.856. The molecule has 3 aliphatic rings. The number of ether oxygens (including phenoxy) is 1. The fourth-order valence-electron chi connectivity index (χ4n) is 4.55. The number of urea groups is 1. The van der Waals surface area contributed by atoms with Gasteiger partial charge in [-0.05, 0) is 37.1 Å². The molecule has 1 unspecified atom stereocenters. The van der Waals surface area contributed by atoms with Gasteiger partial charge in [-0.2, -0.15) is 0 Å². The number of hydrogen-bond acceptors (Lipinski definition) is 4. The summed E-state index contributed by atoms with van der Waals surface area (Å²) in [5, 5.41) is 5.58. The first-order valence-electron chi connectivity index (χ1n) is 9.79. The fourth-order valence-corrected chi connectivity index (χ4v) is 4.55. The molecule has 3 amide bonds. The molecule has 1 aliphatic carbocycles. The van der Waals surface area contributed by atoms with Crippen LogP contribution in [0.2, 0.25) is 0 Å². The third-order valence-corrected chi connectivity index (χ3v) is 5.86. The lowest BCUT2D eigenvalue weighted by atomic mass is 9.85. The van der Waals surface area contributed by atoms with E-state index in [-0.39, 0.29) is 12.0 Å². The molecular weight excluding hydrogens is 356 g/mol. The Kier molecular flexibility index (Phi) is 4.24. The van der Waals surface area contributed by atoms with Gasteiger partial charge in [-0.1, -0.05) is 25.0 Å². The predicted octanol–water partition coefficient (Wildman–Crippen LogP) is 3.77.